The van der Waals surface area contributed by atoms with E-state index in [-0.39, 0.29) is 17.7 Å². The Morgan fingerprint density at radius 2 is 1.94 bits per heavy atom. The van der Waals surface area contributed by atoms with E-state index in [1.807, 2.05) is 0 Å². The summed E-state index contributed by atoms with van der Waals surface area (Å²) in [5, 5.41) is 17.9. The van der Waals surface area contributed by atoms with E-state index >= 15 is 0 Å². The minimum atomic E-state index is -1.10. The third-order valence-corrected chi connectivity index (χ3v) is 2.63. The summed E-state index contributed by atoms with van der Waals surface area (Å²) in [5.41, 5.74) is 1.43. The van der Waals surface area contributed by atoms with Crippen molar-refractivity contribution in [3.05, 3.63) is 59.4 Å². The van der Waals surface area contributed by atoms with Gasteiger partial charge in [0, 0.05) is 5.56 Å². The molecular formula is C14H11FO3. The minimum absolute atomic E-state index is 0.0285. The van der Waals surface area contributed by atoms with Gasteiger partial charge in [-0.05, 0) is 35.4 Å². The van der Waals surface area contributed by atoms with Crippen molar-refractivity contribution in [3.63, 3.8) is 0 Å². The van der Waals surface area contributed by atoms with E-state index < -0.39 is 11.8 Å². The number of hydrogen-bond acceptors (Lipinski definition) is 2. The predicted octanol–water partition coefficient (Wildman–Crippen LogP) is 2.68. The number of carboxylic acids is 1. The normalized spacial score (nSPS) is 10.3. The number of rotatable bonds is 3. The van der Waals surface area contributed by atoms with Gasteiger partial charge in [0.2, 0.25) is 0 Å². The first kappa shape index (κ1) is 12.3. The highest BCUT2D eigenvalue weighted by atomic mass is 19.1. The maximum Gasteiger partial charge on any atom is 0.335 e. The van der Waals surface area contributed by atoms with E-state index in [0.717, 1.165) is 6.07 Å². The summed E-state index contributed by atoms with van der Waals surface area (Å²) in [6.07, 6.45) is 0. The van der Waals surface area contributed by atoms with Crippen molar-refractivity contribution in [3.8, 4) is 11.1 Å². The van der Waals surface area contributed by atoms with Gasteiger partial charge in [0.05, 0.1) is 12.2 Å². The van der Waals surface area contributed by atoms with Gasteiger partial charge in [-0.3, -0.25) is 0 Å². The molecule has 0 saturated carbocycles. The molecule has 0 atom stereocenters. The van der Waals surface area contributed by atoms with Crippen LogP contribution >= 0.6 is 0 Å². The first-order valence-corrected chi connectivity index (χ1v) is 5.35. The van der Waals surface area contributed by atoms with Crippen molar-refractivity contribution >= 4 is 5.97 Å². The molecular weight excluding hydrogens is 235 g/mol. The average Bonchev–Trinajstić information content (AvgIpc) is 2.39. The van der Waals surface area contributed by atoms with E-state index in [2.05, 4.69) is 0 Å². The zero-order valence-corrected chi connectivity index (χ0v) is 9.43. The Labute approximate surface area is 103 Å². The molecule has 18 heavy (non-hydrogen) atoms. The monoisotopic (exact) mass is 246 g/mol. The zero-order valence-electron chi connectivity index (χ0n) is 9.43. The van der Waals surface area contributed by atoms with Crippen LogP contribution in [0.5, 0.6) is 0 Å². The number of carboxylic acid groups (broad SMARTS) is 1. The van der Waals surface area contributed by atoms with Crippen molar-refractivity contribution < 1.29 is 19.4 Å². The van der Waals surface area contributed by atoms with E-state index in [1.54, 1.807) is 24.3 Å². The number of hydrogen-bond donors (Lipinski definition) is 2. The lowest BCUT2D eigenvalue weighted by molar-refractivity contribution is 0.0697. The molecule has 0 unspecified atom stereocenters. The van der Waals surface area contributed by atoms with E-state index in [9.17, 15) is 9.18 Å². The highest BCUT2D eigenvalue weighted by Gasteiger charge is 2.10. The molecule has 0 amide bonds. The van der Waals surface area contributed by atoms with Crippen molar-refractivity contribution in [1.29, 1.82) is 0 Å². The first-order chi connectivity index (χ1) is 8.61. The van der Waals surface area contributed by atoms with Gasteiger partial charge in [0.15, 0.2) is 0 Å². The standard InChI is InChI=1S/C14H11FO3/c15-13-5-4-11(14(17)18)7-12(13)10-3-1-2-9(6-10)8-16/h1-7,16H,8H2,(H,17,18). The smallest absolute Gasteiger partial charge is 0.335 e. The third-order valence-electron chi connectivity index (χ3n) is 2.63. The number of benzene rings is 2. The van der Waals surface area contributed by atoms with Crippen LogP contribution in [0.3, 0.4) is 0 Å². The minimum Gasteiger partial charge on any atom is -0.478 e. The van der Waals surface area contributed by atoms with Gasteiger partial charge in [0.1, 0.15) is 5.82 Å². The van der Waals surface area contributed by atoms with Crippen molar-refractivity contribution in [2.75, 3.05) is 0 Å². The van der Waals surface area contributed by atoms with Crippen molar-refractivity contribution in [2.45, 2.75) is 6.61 Å². The molecule has 2 aromatic rings. The molecule has 0 aliphatic carbocycles. The van der Waals surface area contributed by atoms with Gasteiger partial charge >= 0.3 is 5.97 Å². The van der Waals surface area contributed by atoms with Crippen molar-refractivity contribution in [2.24, 2.45) is 0 Å². The Morgan fingerprint density at radius 1 is 1.17 bits per heavy atom. The maximum absolute atomic E-state index is 13.7. The van der Waals surface area contributed by atoms with Gasteiger partial charge < -0.3 is 10.2 Å². The fraction of sp³-hybridized carbons (Fsp3) is 0.0714. The Bertz CT molecular complexity index is 593. The molecule has 2 rings (SSSR count). The molecule has 4 heteroatoms. The summed E-state index contributed by atoms with van der Waals surface area (Å²) in [4.78, 5) is 10.9. The third kappa shape index (κ3) is 2.38. The van der Waals surface area contributed by atoms with Crippen LogP contribution in [0.2, 0.25) is 0 Å². The molecule has 0 aliphatic heterocycles. The molecule has 2 N–H and O–H groups in total. The van der Waals surface area contributed by atoms with Gasteiger partial charge in [-0.1, -0.05) is 18.2 Å². The van der Waals surface area contributed by atoms with Crippen LogP contribution in [0, 0.1) is 5.82 Å². The van der Waals surface area contributed by atoms with Crippen LogP contribution in [0.4, 0.5) is 4.39 Å². The molecule has 0 aliphatic rings. The summed E-state index contributed by atoms with van der Waals surface area (Å²) in [6.45, 7) is -0.145. The Morgan fingerprint density at radius 3 is 2.61 bits per heavy atom. The molecule has 92 valence electrons. The number of aromatic carboxylic acids is 1. The van der Waals surface area contributed by atoms with Crippen LogP contribution in [0.25, 0.3) is 11.1 Å². The summed E-state index contributed by atoms with van der Waals surface area (Å²) >= 11 is 0. The van der Waals surface area contributed by atoms with E-state index in [1.165, 1.54) is 12.1 Å². The van der Waals surface area contributed by atoms with Gasteiger partial charge in [0.25, 0.3) is 0 Å². The second-order valence-electron chi connectivity index (χ2n) is 3.86. The van der Waals surface area contributed by atoms with Crippen LogP contribution in [-0.4, -0.2) is 16.2 Å². The number of aliphatic hydroxyl groups is 1. The molecule has 0 spiro atoms. The lowest BCUT2D eigenvalue weighted by atomic mass is 10.0. The number of aliphatic hydroxyl groups excluding tert-OH is 1. The summed E-state index contributed by atoms with van der Waals surface area (Å²) in [5.74, 6) is -1.59. The molecule has 0 bridgehead atoms. The quantitative estimate of drug-likeness (QED) is 0.875. The van der Waals surface area contributed by atoms with Crippen LogP contribution in [0.1, 0.15) is 15.9 Å². The SMILES string of the molecule is O=C(O)c1ccc(F)c(-c2cccc(CO)c2)c1. The summed E-state index contributed by atoms with van der Waals surface area (Å²) in [6, 6.07) is 10.3. The fourth-order valence-corrected chi connectivity index (χ4v) is 1.72. The molecule has 2 aromatic carbocycles. The molecule has 0 aromatic heterocycles. The maximum atomic E-state index is 13.7. The molecule has 0 heterocycles. The van der Waals surface area contributed by atoms with Crippen LogP contribution < -0.4 is 0 Å². The Hall–Kier alpha value is -2.20. The topological polar surface area (TPSA) is 57.5 Å². The lowest BCUT2D eigenvalue weighted by Gasteiger charge is -2.06. The van der Waals surface area contributed by atoms with E-state index in [0.29, 0.717) is 11.1 Å². The zero-order chi connectivity index (χ0) is 13.1. The predicted molar refractivity (Wildman–Crippen MR) is 64.7 cm³/mol. The highest BCUT2D eigenvalue weighted by molar-refractivity contribution is 5.89. The first-order valence-electron chi connectivity index (χ1n) is 5.35. The van der Waals surface area contributed by atoms with E-state index in [4.69, 9.17) is 10.2 Å². The Balaban J connectivity index is 2.54. The molecule has 0 fully saturated rings. The van der Waals surface area contributed by atoms with Gasteiger partial charge in [-0.25, -0.2) is 9.18 Å². The van der Waals surface area contributed by atoms with Crippen LogP contribution in [-0.2, 0) is 6.61 Å². The molecule has 0 radical (unpaired) electrons. The van der Waals surface area contributed by atoms with Gasteiger partial charge in [-0.2, -0.15) is 0 Å². The summed E-state index contributed by atoms with van der Waals surface area (Å²) < 4.78 is 13.7. The largest absolute Gasteiger partial charge is 0.478 e. The molecule has 0 saturated heterocycles. The number of carbonyl (C=O) groups is 1. The van der Waals surface area contributed by atoms with Crippen LogP contribution in [0.15, 0.2) is 42.5 Å². The number of halogens is 1. The second-order valence-corrected chi connectivity index (χ2v) is 3.86. The molecule has 3 nitrogen and oxygen atoms in total. The van der Waals surface area contributed by atoms with Gasteiger partial charge in [-0.15, -0.1) is 0 Å². The van der Waals surface area contributed by atoms with Crippen molar-refractivity contribution in [1.82, 2.24) is 0 Å². The lowest BCUT2D eigenvalue weighted by Crippen LogP contribution is -1.98. The Kier molecular flexibility index (Phi) is 3.39. The highest BCUT2D eigenvalue weighted by Crippen LogP contribution is 2.25. The second kappa shape index (κ2) is 4.98. The summed E-state index contributed by atoms with van der Waals surface area (Å²) in [7, 11) is 0. The fourth-order valence-electron chi connectivity index (χ4n) is 1.72. The average molecular weight is 246 g/mol.